The Morgan fingerprint density at radius 3 is 1.56 bits per heavy atom. The van der Waals surface area contributed by atoms with Gasteiger partial charge in [0.15, 0.2) is 0 Å². The van der Waals surface area contributed by atoms with Crippen LogP contribution < -0.4 is 4.90 Å². The molecule has 0 amide bonds. The third-order valence-electron chi connectivity index (χ3n) is 10.3. The first-order valence-corrected chi connectivity index (χ1v) is 17.9. The van der Waals surface area contributed by atoms with E-state index in [1.165, 1.54) is 71.3 Å². The predicted molar refractivity (Wildman–Crippen MR) is 224 cm³/mol. The summed E-state index contributed by atoms with van der Waals surface area (Å²) in [5, 5.41) is 7.42. The molecule has 0 unspecified atom stereocenters. The zero-order valence-corrected chi connectivity index (χ0v) is 29.1. The van der Waals surface area contributed by atoms with Gasteiger partial charge in [-0.15, -0.1) is 0 Å². The van der Waals surface area contributed by atoms with Crippen LogP contribution in [-0.4, -0.2) is 0 Å². The van der Waals surface area contributed by atoms with Crippen molar-refractivity contribution in [3.63, 3.8) is 0 Å². The molecule has 0 saturated heterocycles. The molecule has 0 saturated carbocycles. The van der Waals surface area contributed by atoms with E-state index in [2.05, 4.69) is 206 Å². The van der Waals surface area contributed by atoms with Crippen molar-refractivity contribution in [2.24, 2.45) is 0 Å². The fourth-order valence-electron chi connectivity index (χ4n) is 7.81. The largest absolute Gasteiger partial charge is 0.310 e. The molecule has 9 aromatic rings. The van der Waals surface area contributed by atoms with Crippen LogP contribution in [0.4, 0.5) is 11.4 Å². The number of rotatable bonds is 7. The number of benzene rings is 9. The van der Waals surface area contributed by atoms with E-state index in [1.807, 2.05) is 0 Å². The molecule has 0 N–H and O–H groups in total. The second-order valence-corrected chi connectivity index (χ2v) is 13.4. The fraction of sp³-hybridized carbons (Fsp3) is 0.0196. The lowest BCUT2D eigenvalue weighted by Gasteiger charge is -2.30. The number of fused-ring (bicyclic) bond motifs is 3. The second-order valence-electron chi connectivity index (χ2n) is 13.4. The molecule has 52 heavy (non-hydrogen) atoms. The molecule has 0 spiro atoms. The van der Waals surface area contributed by atoms with Crippen LogP contribution in [0, 0.1) is 6.92 Å². The topological polar surface area (TPSA) is 3.24 Å². The summed E-state index contributed by atoms with van der Waals surface area (Å²) < 4.78 is 0. The van der Waals surface area contributed by atoms with Gasteiger partial charge in [0.1, 0.15) is 0 Å². The minimum atomic E-state index is 0.932. The first kappa shape index (κ1) is 31.3. The van der Waals surface area contributed by atoms with Crippen LogP contribution >= 0.6 is 0 Å². The molecule has 0 atom stereocenters. The summed E-state index contributed by atoms with van der Waals surface area (Å²) in [6.07, 6.45) is 0. The molecule has 9 rings (SSSR count). The Kier molecular flexibility index (Phi) is 7.95. The number of aryl methyl sites for hydroxylation is 1. The zero-order valence-electron chi connectivity index (χ0n) is 29.1. The van der Waals surface area contributed by atoms with E-state index in [-0.39, 0.29) is 0 Å². The molecule has 246 valence electrons. The molecule has 1 heteroatoms. The molecular formula is C51H37N. The van der Waals surface area contributed by atoms with Crippen LogP contribution in [0.2, 0.25) is 0 Å². The van der Waals surface area contributed by atoms with Crippen LogP contribution in [0.15, 0.2) is 201 Å². The van der Waals surface area contributed by atoms with Crippen LogP contribution in [0.5, 0.6) is 0 Å². The first-order chi connectivity index (χ1) is 25.7. The van der Waals surface area contributed by atoms with Crippen molar-refractivity contribution in [1.82, 2.24) is 0 Å². The molecule has 0 bridgehead atoms. The normalized spacial score (nSPS) is 11.2. The van der Waals surface area contributed by atoms with Crippen molar-refractivity contribution < 1.29 is 0 Å². The molecule has 0 heterocycles. The van der Waals surface area contributed by atoms with E-state index in [0.717, 1.165) is 22.6 Å². The highest BCUT2D eigenvalue weighted by Crippen LogP contribution is 2.45. The van der Waals surface area contributed by atoms with E-state index in [0.29, 0.717) is 0 Å². The van der Waals surface area contributed by atoms with E-state index >= 15 is 0 Å². The van der Waals surface area contributed by atoms with Crippen molar-refractivity contribution in [3.05, 3.63) is 212 Å². The third kappa shape index (κ3) is 5.44. The molecular weight excluding hydrogens is 627 g/mol. The van der Waals surface area contributed by atoms with Gasteiger partial charge >= 0.3 is 0 Å². The summed E-state index contributed by atoms with van der Waals surface area (Å²) in [7, 11) is 0. The predicted octanol–water partition coefficient (Wildman–Crippen LogP) is 14.3. The molecule has 0 fully saturated rings. The number of nitrogens with zero attached hydrogens (tertiary/aromatic N) is 1. The Labute approximate surface area is 305 Å². The molecule has 0 aliphatic carbocycles. The van der Waals surface area contributed by atoms with Crippen molar-refractivity contribution in [2.45, 2.75) is 6.92 Å². The number of anilines is 2. The smallest absolute Gasteiger partial charge is 0.0540 e. The highest BCUT2D eigenvalue weighted by Gasteiger charge is 2.20. The average molecular weight is 664 g/mol. The Bertz CT molecular complexity index is 2740. The minimum Gasteiger partial charge on any atom is -0.310 e. The molecule has 1 nitrogen and oxygen atoms in total. The number of hydrogen-bond donors (Lipinski definition) is 0. The summed E-state index contributed by atoms with van der Waals surface area (Å²) in [5.74, 6) is 0. The molecule has 0 aliphatic heterocycles. The summed E-state index contributed by atoms with van der Waals surface area (Å²) >= 11 is 0. The second kappa shape index (κ2) is 13.2. The van der Waals surface area contributed by atoms with Gasteiger partial charge < -0.3 is 4.90 Å². The quantitative estimate of drug-likeness (QED) is 0.153. The number of para-hydroxylation sites is 1. The maximum Gasteiger partial charge on any atom is 0.0540 e. The van der Waals surface area contributed by atoms with Gasteiger partial charge in [-0.05, 0) is 96.6 Å². The van der Waals surface area contributed by atoms with Gasteiger partial charge in [-0.25, -0.2) is 0 Å². The Balaban J connectivity index is 1.18. The lowest BCUT2D eigenvalue weighted by molar-refractivity contribution is 1.27. The molecule has 0 aromatic heterocycles. The van der Waals surface area contributed by atoms with Gasteiger partial charge in [-0.3, -0.25) is 0 Å². The van der Waals surface area contributed by atoms with Gasteiger partial charge in [-0.2, -0.15) is 0 Å². The SMILES string of the molecule is C=C(c1ccc(-c2ccc3c(-c4ccccc4)c4ccccc4c(-c4ccccc4)c3c2)cc1)N(c1ccccc1C)c1cccc2ccccc12. The summed E-state index contributed by atoms with van der Waals surface area (Å²) in [5.41, 5.74) is 12.8. The van der Waals surface area contributed by atoms with E-state index < -0.39 is 0 Å². The first-order valence-electron chi connectivity index (χ1n) is 17.9. The van der Waals surface area contributed by atoms with E-state index in [9.17, 15) is 0 Å². The summed E-state index contributed by atoms with van der Waals surface area (Å²) in [6, 6.07) is 70.0. The van der Waals surface area contributed by atoms with Crippen LogP contribution in [0.1, 0.15) is 11.1 Å². The van der Waals surface area contributed by atoms with Crippen LogP contribution in [-0.2, 0) is 0 Å². The fourth-order valence-corrected chi connectivity index (χ4v) is 7.81. The number of hydrogen-bond acceptors (Lipinski definition) is 1. The maximum atomic E-state index is 4.71. The summed E-state index contributed by atoms with van der Waals surface area (Å²) in [6.45, 7) is 6.87. The van der Waals surface area contributed by atoms with E-state index in [1.54, 1.807) is 0 Å². The van der Waals surface area contributed by atoms with Gasteiger partial charge in [0.05, 0.1) is 5.69 Å². The van der Waals surface area contributed by atoms with Crippen molar-refractivity contribution in [3.8, 4) is 33.4 Å². The Morgan fingerprint density at radius 2 is 0.885 bits per heavy atom. The maximum absolute atomic E-state index is 4.71. The molecule has 0 aliphatic rings. The van der Waals surface area contributed by atoms with Crippen molar-refractivity contribution >= 4 is 49.4 Å². The lowest BCUT2D eigenvalue weighted by atomic mass is 9.85. The zero-order chi connectivity index (χ0) is 35.0. The highest BCUT2D eigenvalue weighted by molar-refractivity contribution is 6.22. The van der Waals surface area contributed by atoms with Crippen molar-refractivity contribution in [1.29, 1.82) is 0 Å². The van der Waals surface area contributed by atoms with Gasteiger partial charge in [0, 0.05) is 16.8 Å². The van der Waals surface area contributed by atoms with Crippen LogP contribution in [0.25, 0.3) is 71.4 Å². The molecule has 0 radical (unpaired) electrons. The molecule has 9 aromatic carbocycles. The Hall–Kier alpha value is -6.70. The third-order valence-corrected chi connectivity index (χ3v) is 10.3. The van der Waals surface area contributed by atoms with Crippen molar-refractivity contribution in [2.75, 3.05) is 4.90 Å². The monoisotopic (exact) mass is 663 g/mol. The van der Waals surface area contributed by atoms with Gasteiger partial charge in [-0.1, -0.05) is 183 Å². The lowest BCUT2D eigenvalue weighted by Crippen LogP contribution is -2.16. The van der Waals surface area contributed by atoms with Crippen LogP contribution in [0.3, 0.4) is 0 Å². The summed E-state index contributed by atoms with van der Waals surface area (Å²) in [4.78, 5) is 2.31. The van der Waals surface area contributed by atoms with Gasteiger partial charge in [0.25, 0.3) is 0 Å². The minimum absolute atomic E-state index is 0.932. The highest BCUT2D eigenvalue weighted by atomic mass is 15.2. The average Bonchev–Trinajstić information content (AvgIpc) is 3.21. The van der Waals surface area contributed by atoms with Gasteiger partial charge in [0.2, 0.25) is 0 Å². The standard InChI is InChI=1S/C51H37N/c1-35-16-9-14-26-48(35)52(49-27-15-22-39-17-10-11-23-43(39)49)36(2)37-28-30-38(31-29-37)42-32-33-46-47(34-42)51(41-20-7-4-8-21-41)45-25-13-12-24-44(45)50(46)40-18-5-3-6-19-40/h3-34H,2H2,1H3. The van der Waals surface area contributed by atoms with E-state index in [4.69, 9.17) is 6.58 Å². The Morgan fingerprint density at radius 1 is 0.385 bits per heavy atom.